The summed E-state index contributed by atoms with van der Waals surface area (Å²) in [5.74, 6) is -2.73. The van der Waals surface area contributed by atoms with E-state index >= 15 is 0 Å². The van der Waals surface area contributed by atoms with E-state index in [1.54, 1.807) is 0 Å². The maximum Gasteiger partial charge on any atom is 0.416 e. The van der Waals surface area contributed by atoms with Gasteiger partial charge in [0.1, 0.15) is 5.75 Å². The Bertz CT molecular complexity index is 564. The van der Waals surface area contributed by atoms with Crippen LogP contribution < -0.4 is 14.5 Å². The van der Waals surface area contributed by atoms with Crippen molar-refractivity contribution in [2.75, 3.05) is 0 Å². The number of halogens is 3. The third-order valence-electron chi connectivity index (χ3n) is 2.59. The molecule has 1 unspecified atom stereocenters. The summed E-state index contributed by atoms with van der Waals surface area (Å²) in [6.07, 6.45) is -4.63. The fourth-order valence-corrected chi connectivity index (χ4v) is 2.72. The summed E-state index contributed by atoms with van der Waals surface area (Å²) in [6, 6.07) is 3.38. The minimum Gasteiger partial charge on any atom is -0.810 e. The Kier molecular flexibility index (Phi) is 5.20. The second kappa shape index (κ2) is 6.17. The molecule has 0 heterocycles. The van der Waals surface area contributed by atoms with Crippen LogP contribution in [0.5, 0.6) is 5.75 Å². The molecule has 0 N–H and O–H groups in total. The van der Waals surface area contributed by atoms with Gasteiger partial charge >= 0.3 is 12.1 Å². The molecule has 118 valence electrons. The van der Waals surface area contributed by atoms with E-state index in [4.69, 9.17) is 0 Å². The average molecular weight is 324 g/mol. The van der Waals surface area contributed by atoms with Gasteiger partial charge in [-0.1, -0.05) is 27.5 Å². The molecule has 0 amide bonds. The molecule has 1 atom stereocenters. The number of hydrogen-bond donors (Lipinski definition) is 0. The summed E-state index contributed by atoms with van der Waals surface area (Å²) in [5.41, 5.74) is -3.01. The molecule has 0 radical (unpaired) electrons. The van der Waals surface area contributed by atoms with Gasteiger partial charge in [0.25, 0.3) is 0 Å². The van der Waals surface area contributed by atoms with Crippen molar-refractivity contribution in [1.82, 2.24) is 0 Å². The summed E-state index contributed by atoms with van der Waals surface area (Å²) in [4.78, 5) is 33.7. The zero-order chi connectivity index (χ0) is 16.4. The Balaban J connectivity index is 3.00. The lowest BCUT2D eigenvalue weighted by molar-refractivity contribution is -0.316. The van der Waals surface area contributed by atoms with E-state index in [1.807, 2.05) is 0 Å². The molecule has 0 spiro atoms. The first-order chi connectivity index (χ1) is 9.43. The molecule has 5 nitrogen and oxygen atoms in total. The highest BCUT2D eigenvalue weighted by Gasteiger charge is 2.32. The summed E-state index contributed by atoms with van der Waals surface area (Å²) in [7, 11) is -5.27. The predicted octanol–water partition coefficient (Wildman–Crippen LogP) is 1.55. The van der Waals surface area contributed by atoms with E-state index in [2.05, 4.69) is 4.74 Å². The number of carbonyl (C=O) groups is 1. The van der Waals surface area contributed by atoms with Crippen LogP contribution in [0.2, 0.25) is 0 Å². The van der Waals surface area contributed by atoms with Crippen LogP contribution in [-0.4, -0.2) is 11.6 Å². The number of carbonyl (C=O) groups excluding carboxylic acids is 1. The second-order valence-electron chi connectivity index (χ2n) is 4.68. The molecule has 0 bridgehead atoms. The Labute approximate surface area is 118 Å². The van der Waals surface area contributed by atoms with Crippen molar-refractivity contribution >= 4 is 13.6 Å². The van der Waals surface area contributed by atoms with Gasteiger partial charge in [-0.25, -0.2) is 0 Å². The lowest BCUT2D eigenvalue weighted by Crippen LogP contribution is -2.38. The molecule has 1 rings (SSSR count). The van der Waals surface area contributed by atoms with Crippen LogP contribution in [0.4, 0.5) is 13.2 Å². The number of alkyl halides is 3. The van der Waals surface area contributed by atoms with Gasteiger partial charge in [0, 0.05) is 0 Å². The van der Waals surface area contributed by atoms with Crippen molar-refractivity contribution in [2.24, 2.45) is 5.92 Å². The minimum atomic E-state index is -5.27. The van der Waals surface area contributed by atoms with Gasteiger partial charge in [-0.2, -0.15) is 13.2 Å². The summed E-state index contributed by atoms with van der Waals surface area (Å²) in [5, 5.41) is 0. The van der Waals surface area contributed by atoms with Crippen LogP contribution in [0.3, 0.4) is 0 Å². The van der Waals surface area contributed by atoms with E-state index in [1.165, 1.54) is 13.8 Å². The average Bonchev–Trinajstić information content (AvgIpc) is 2.25. The number of hydrogen-bond acceptors (Lipinski definition) is 5. The summed E-state index contributed by atoms with van der Waals surface area (Å²) >= 11 is 0. The van der Waals surface area contributed by atoms with E-state index in [0.717, 1.165) is 18.2 Å². The summed E-state index contributed by atoms with van der Waals surface area (Å²) < 4.78 is 53.1. The van der Waals surface area contributed by atoms with Crippen LogP contribution in [0.1, 0.15) is 19.4 Å². The van der Waals surface area contributed by atoms with Gasteiger partial charge in [-0.05, 0) is 24.1 Å². The SMILES string of the molecule is CC(C)C(C(=O)Oc1cccc(C(F)(F)F)c1)P(=O)([O-])[O-]. The second-order valence-corrected chi connectivity index (χ2v) is 6.31. The molecule has 1 aromatic rings. The molecule has 0 fully saturated rings. The highest BCUT2D eigenvalue weighted by atomic mass is 31.2. The first-order valence-electron chi connectivity index (χ1n) is 5.83. The van der Waals surface area contributed by atoms with Crippen molar-refractivity contribution in [3.8, 4) is 5.75 Å². The summed E-state index contributed by atoms with van der Waals surface area (Å²) in [6.45, 7) is 2.64. The fourth-order valence-electron chi connectivity index (χ4n) is 1.68. The van der Waals surface area contributed by atoms with Crippen molar-refractivity contribution in [1.29, 1.82) is 0 Å². The molecule has 9 heteroatoms. The van der Waals surface area contributed by atoms with E-state index in [9.17, 15) is 32.3 Å². The Morgan fingerprint density at radius 1 is 1.29 bits per heavy atom. The van der Waals surface area contributed by atoms with E-state index < -0.39 is 42.6 Å². The zero-order valence-corrected chi connectivity index (χ0v) is 12.0. The van der Waals surface area contributed by atoms with Gasteiger partial charge in [0.05, 0.1) is 11.2 Å². The van der Waals surface area contributed by atoms with Crippen LogP contribution in [-0.2, 0) is 15.5 Å². The smallest absolute Gasteiger partial charge is 0.416 e. The lowest BCUT2D eigenvalue weighted by atomic mass is 10.1. The minimum absolute atomic E-state index is 0.478. The maximum absolute atomic E-state index is 12.5. The molecule has 21 heavy (non-hydrogen) atoms. The highest BCUT2D eigenvalue weighted by molar-refractivity contribution is 7.50. The van der Waals surface area contributed by atoms with Crippen molar-refractivity contribution in [3.05, 3.63) is 29.8 Å². The molecule has 0 aliphatic heterocycles. The number of ether oxygens (including phenoxy) is 1. The topological polar surface area (TPSA) is 89.5 Å². The third-order valence-corrected chi connectivity index (χ3v) is 4.08. The molecule has 0 saturated heterocycles. The van der Waals surface area contributed by atoms with Gasteiger partial charge in [-0.15, -0.1) is 0 Å². The Morgan fingerprint density at radius 3 is 2.29 bits per heavy atom. The molecule has 1 aromatic carbocycles. The van der Waals surface area contributed by atoms with Gasteiger partial charge in [0.2, 0.25) is 0 Å². The monoisotopic (exact) mass is 324 g/mol. The third kappa shape index (κ3) is 4.84. The molecule has 0 aliphatic carbocycles. The van der Waals surface area contributed by atoms with Crippen LogP contribution in [0.25, 0.3) is 0 Å². The molecule has 0 aromatic heterocycles. The largest absolute Gasteiger partial charge is 0.810 e. The quantitative estimate of drug-likeness (QED) is 0.476. The maximum atomic E-state index is 12.5. The van der Waals surface area contributed by atoms with Crippen molar-refractivity contribution < 1.29 is 37.1 Å². The Morgan fingerprint density at radius 2 is 1.86 bits per heavy atom. The Hall–Kier alpha value is -1.37. The number of esters is 1. The predicted molar refractivity (Wildman–Crippen MR) is 63.3 cm³/mol. The zero-order valence-electron chi connectivity index (χ0n) is 11.1. The molecule has 0 aliphatic rings. The van der Waals surface area contributed by atoms with E-state index in [-0.39, 0.29) is 0 Å². The first-order valence-corrected chi connectivity index (χ1v) is 7.45. The molecule has 0 saturated carbocycles. The van der Waals surface area contributed by atoms with Gasteiger partial charge < -0.3 is 19.1 Å². The molecular formula is C12H12F3O5P-2. The van der Waals surface area contributed by atoms with Crippen LogP contribution in [0.15, 0.2) is 24.3 Å². The van der Waals surface area contributed by atoms with Crippen LogP contribution >= 0.6 is 7.60 Å². The first kappa shape index (κ1) is 17.7. The number of benzene rings is 1. The number of rotatable bonds is 4. The fraction of sp³-hybridized carbons (Fsp3) is 0.417. The van der Waals surface area contributed by atoms with Gasteiger partial charge in [-0.3, -0.25) is 4.79 Å². The van der Waals surface area contributed by atoms with Crippen LogP contribution in [0, 0.1) is 5.92 Å². The normalized spacial score (nSPS) is 14.1. The van der Waals surface area contributed by atoms with Crippen molar-refractivity contribution in [3.63, 3.8) is 0 Å². The van der Waals surface area contributed by atoms with Gasteiger partial charge in [0.15, 0.2) is 0 Å². The van der Waals surface area contributed by atoms with Crippen molar-refractivity contribution in [2.45, 2.75) is 25.7 Å². The molecular weight excluding hydrogens is 312 g/mol. The lowest BCUT2D eigenvalue weighted by Gasteiger charge is -2.38. The highest BCUT2D eigenvalue weighted by Crippen LogP contribution is 2.38. The standard InChI is InChI=1S/C12H14F3O5P/c1-7(2)10(21(17,18)19)11(16)20-9-5-3-4-8(6-9)12(13,14)15/h3-7,10H,1-2H3,(H2,17,18,19)/p-2. The van der Waals surface area contributed by atoms with E-state index in [0.29, 0.717) is 6.07 Å².